The molecule has 0 N–H and O–H groups in total. The molecule has 0 heterocycles. The first-order valence-corrected chi connectivity index (χ1v) is 2.52. The molecule has 0 aromatic rings. The van der Waals surface area contributed by atoms with Crippen LogP contribution in [-0.4, -0.2) is 17.4 Å². The average molecular weight is 178 g/mol. The molecule has 0 aromatic carbocycles. The Morgan fingerprint density at radius 3 is 1.25 bits per heavy atom. The van der Waals surface area contributed by atoms with Crippen molar-refractivity contribution in [3.63, 3.8) is 0 Å². The molecular weight excluding hydrogens is 172 g/mol. The van der Waals surface area contributed by atoms with E-state index in [2.05, 4.69) is 23.5 Å². The van der Waals surface area contributed by atoms with Crippen molar-refractivity contribution in [1.82, 2.24) is 0 Å². The Morgan fingerprint density at radius 2 is 1.25 bits per heavy atom. The van der Waals surface area contributed by atoms with Gasteiger partial charge < -0.3 is 0 Å². The molecule has 0 rings (SSSR count). The zero-order valence-electron chi connectivity index (χ0n) is 1.25. The van der Waals surface area contributed by atoms with Gasteiger partial charge in [-0.1, -0.05) is 0 Å². The van der Waals surface area contributed by atoms with Crippen LogP contribution >= 0.6 is 7.93 Å². The molecule has 4 heavy (non-hydrogen) atoms. The van der Waals surface area contributed by atoms with Crippen LogP contribution in [0.3, 0.4) is 0 Å². The topological polar surface area (TPSA) is 0 Å². The van der Waals surface area contributed by atoms with Crippen LogP contribution in [0.4, 0.5) is 0 Å². The fraction of sp³-hybridized carbons (Fsp3) is 0. The van der Waals surface area contributed by atoms with Crippen molar-refractivity contribution in [2.24, 2.45) is 0 Å². The van der Waals surface area contributed by atoms with E-state index in [-0.39, 0.29) is 33.9 Å². The van der Waals surface area contributed by atoms with Gasteiger partial charge in [0.1, 0.15) is 0 Å². The first-order chi connectivity index (χ1) is 1.00. The summed E-state index contributed by atoms with van der Waals surface area (Å²) in [5, 5.41) is 0. The Kier molecular flexibility index (Phi) is 84.2. The van der Waals surface area contributed by atoms with Gasteiger partial charge in [0, 0.05) is 16.5 Å². The van der Waals surface area contributed by atoms with Gasteiger partial charge in [-0.15, -0.1) is 0 Å². The van der Waals surface area contributed by atoms with Gasteiger partial charge in [0.2, 0.25) is 0 Å². The zero-order chi connectivity index (χ0) is 2.00. The molecule has 0 aliphatic rings. The molecule has 0 aromatic heterocycles. The Bertz CT molecular complexity index is 8.00. The summed E-state index contributed by atoms with van der Waals surface area (Å²) in [4.78, 5) is 0. The van der Waals surface area contributed by atoms with Crippen molar-refractivity contribution < 1.29 is 32.1 Å². The second kappa shape index (κ2) is 20.1. The van der Waals surface area contributed by atoms with Gasteiger partial charge >= 0.3 is 23.5 Å². The summed E-state index contributed by atoms with van der Waals surface area (Å²) in [5.74, 6) is 0. The first-order valence-electron chi connectivity index (χ1n) is 0.204. The number of rotatable bonds is 0. The van der Waals surface area contributed by atoms with Crippen LogP contribution in [-0.2, 0) is 32.1 Å². The van der Waals surface area contributed by atoms with E-state index in [1.165, 1.54) is 0 Å². The molecule has 0 fully saturated rings. The maximum absolute atomic E-state index is 3.17. The van der Waals surface area contributed by atoms with Crippen LogP contribution in [0, 0.1) is 0 Å². The third-order valence-electron chi connectivity index (χ3n) is 0. The number of hydrogen-bond donors (Lipinski definition) is 0. The predicted octanol–water partition coefficient (Wildman–Crippen LogP) is -0.863. The average Bonchev–Trinajstić information content (AvgIpc) is 1.00. The third-order valence-corrected chi connectivity index (χ3v) is 0. The molecule has 1 unspecified atom stereocenters. The molecule has 0 radical (unpaired) electrons. The van der Waals surface area contributed by atoms with Crippen molar-refractivity contribution in [3.8, 4) is 0 Å². The van der Waals surface area contributed by atoms with E-state index in [1.807, 2.05) is 0 Å². The summed E-state index contributed by atoms with van der Waals surface area (Å²) in [6, 6.07) is 0. The summed E-state index contributed by atoms with van der Waals surface area (Å²) in [5.41, 5.74) is 0. The van der Waals surface area contributed by atoms with Crippen LogP contribution in [0.1, 0.15) is 0 Å². The quantitative estimate of drug-likeness (QED) is 0.334. The normalized spacial score (nSPS) is 1.50. The van der Waals surface area contributed by atoms with Crippen LogP contribution < -0.4 is 0 Å². The van der Waals surface area contributed by atoms with Gasteiger partial charge in [0.25, 0.3) is 0 Å². The summed E-state index contributed by atoms with van der Waals surface area (Å²) in [6.45, 7) is 0. The number of hydrogen-bond acceptors (Lipinski definition) is 0. The molecule has 0 amide bonds. The molecule has 0 aliphatic carbocycles. The predicted molar refractivity (Wildman–Crippen MR) is 19.6 cm³/mol. The van der Waals surface area contributed by atoms with Gasteiger partial charge in [-0.2, -0.15) is 0 Å². The minimum atomic E-state index is 0. The van der Waals surface area contributed by atoms with Crippen molar-refractivity contribution >= 4 is 25.3 Å². The van der Waals surface area contributed by atoms with Crippen LogP contribution in [0.25, 0.3) is 0 Å². The maximum atomic E-state index is 3.17. The van der Waals surface area contributed by atoms with Crippen LogP contribution in [0.2, 0.25) is 0 Å². The molecule has 31 valence electrons. The fourth-order valence-corrected chi connectivity index (χ4v) is 0. The van der Waals surface area contributed by atoms with E-state index in [9.17, 15) is 0 Å². The van der Waals surface area contributed by atoms with Gasteiger partial charge in [0.05, 0.1) is 0 Å². The minimum absolute atomic E-state index is 0. The molecular formula is H5AlFeNiP. The Balaban J connectivity index is -0.00000000500. The van der Waals surface area contributed by atoms with E-state index in [0.29, 0.717) is 0 Å². The molecule has 0 aliphatic heterocycles. The van der Waals surface area contributed by atoms with E-state index in [4.69, 9.17) is 0 Å². The van der Waals surface area contributed by atoms with E-state index < -0.39 is 0 Å². The SMILES string of the molecule is [AlH3].[Ni].[PH2][Fe]. The van der Waals surface area contributed by atoms with Crippen molar-refractivity contribution in [1.29, 1.82) is 0 Å². The molecule has 0 saturated carbocycles. The van der Waals surface area contributed by atoms with Crippen molar-refractivity contribution in [3.05, 3.63) is 0 Å². The van der Waals surface area contributed by atoms with Crippen LogP contribution in [0.15, 0.2) is 0 Å². The second-order valence-corrected chi connectivity index (χ2v) is 0. The molecule has 0 nitrogen and oxygen atoms in total. The van der Waals surface area contributed by atoms with E-state index in [1.54, 1.807) is 0 Å². The van der Waals surface area contributed by atoms with Gasteiger partial charge in [-0.05, 0) is 0 Å². The van der Waals surface area contributed by atoms with E-state index in [0.717, 1.165) is 0 Å². The summed E-state index contributed by atoms with van der Waals surface area (Å²) < 4.78 is 0. The molecule has 4 heteroatoms. The van der Waals surface area contributed by atoms with Crippen molar-refractivity contribution in [2.75, 3.05) is 0 Å². The summed E-state index contributed by atoms with van der Waals surface area (Å²) in [6.07, 6.45) is 0. The molecule has 1 atom stereocenters. The third kappa shape index (κ3) is 9.02. The summed E-state index contributed by atoms with van der Waals surface area (Å²) >= 11 is 3.17. The molecule has 0 saturated heterocycles. The Hall–Kier alpha value is 1.98. The first kappa shape index (κ1) is 16.7. The fourth-order valence-electron chi connectivity index (χ4n) is 0. The summed E-state index contributed by atoms with van der Waals surface area (Å²) in [7, 11) is 2.17. The molecule has 0 bridgehead atoms. The Labute approximate surface area is 57.2 Å². The van der Waals surface area contributed by atoms with E-state index >= 15 is 0 Å². The van der Waals surface area contributed by atoms with Crippen LogP contribution in [0.5, 0.6) is 0 Å². The van der Waals surface area contributed by atoms with Gasteiger partial charge in [-0.3, -0.25) is 0 Å². The molecule has 0 spiro atoms. The van der Waals surface area contributed by atoms with Gasteiger partial charge in [0.15, 0.2) is 17.4 Å². The standard InChI is InChI=1S/Al.Fe.Ni.H2P.3H/h;;;1H2;;;/q;+1;;-1;;;. The zero-order valence-corrected chi connectivity index (χ0v) is 4.49. The van der Waals surface area contributed by atoms with Crippen molar-refractivity contribution in [2.45, 2.75) is 0 Å². The monoisotopic (exact) mass is 177 g/mol. The Morgan fingerprint density at radius 1 is 1.25 bits per heavy atom. The second-order valence-electron chi connectivity index (χ2n) is 0. The van der Waals surface area contributed by atoms with Gasteiger partial charge in [-0.25, -0.2) is 0 Å².